The number of hydrogen-bond acceptors (Lipinski definition) is 5. The van der Waals surface area contributed by atoms with Crippen LogP contribution in [-0.2, 0) is 10.0 Å². The highest BCUT2D eigenvalue weighted by molar-refractivity contribution is 8.00. The SMILES string of the molecule is CC1=C(c2ccc(C)cc2)S(=O)(=O)N=C1N1CCC(NC(=O)c2ccccn2)CC1. The molecule has 30 heavy (non-hydrogen) atoms. The van der Waals surface area contributed by atoms with Crippen molar-refractivity contribution in [2.45, 2.75) is 32.7 Å². The van der Waals surface area contributed by atoms with Gasteiger partial charge in [0.2, 0.25) is 0 Å². The normalized spacial score (nSPS) is 19.0. The number of amidine groups is 1. The van der Waals surface area contributed by atoms with Crippen molar-refractivity contribution < 1.29 is 13.2 Å². The molecule has 0 radical (unpaired) electrons. The summed E-state index contributed by atoms with van der Waals surface area (Å²) in [5.41, 5.74) is 2.81. The number of pyridine rings is 1. The number of carbonyl (C=O) groups is 1. The Morgan fingerprint density at radius 1 is 1.07 bits per heavy atom. The molecule has 7 nitrogen and oxygen atoms in total. The molecular formula is C22H24N4O3S. The summed E-state index contributed by atoms with van der Waals surface area (Å²) < 4.78 is 29.6. The molecule has 3 heterocycles. The maximum Gasteiger partial charge on any atom is 0.285 e. The number of nitrogens with one attached hydrogen (secondary N) is 1. The van der Waals surface area contributed by atoms with Crippen molar-refractivity contribution in [3.63, 3.8) is 0 Å². The Morgan fingerprint density at radius 2 is 1.77 bits per heavy atom. The van der Waals surface area contributed by atoms with Crippen molar-refractivity contribution in [3.05, 3.63) is 71.1 Å². The third kappa shape index (κ3) is 4.00. The van der Waals surface area contributed by atoms with Crippen LogP contribution >= 0.6 is 0 Å². The summed E-state index contributed by atoms with van der Waals surface area (Å²) >= 11 is 0. The van der Waals surface area contributed by atoms with E-state index >= 15 is 0 Å². The number of amides is 1. The highest BCUT2D eigenvalue weighted by Gasteiger charge is 2.35. The van der Waals surface area contributed by atoms with Gasteiger partial charge in [0.25, 0.3) is 15.9 Å². The molecule has 1 aromatic heterocycles. The van der Waals surface area contributed by atoms with E-state index in [-0.39, 0.29) is 16.9 Å². The summed E-state index contributed by atoms with van der Waals surface area (Å²) in [7, 11) is -3.72. The van der Waals surface area contributed by atoms with Crippen LogP contribution in [0, 0.1) is 6.92 Å². The lowest BCUT2D eigenvalue weighted by atomic mass is 10.0. The summed E-state index contributed by atoms with van der Waals surface area (Å²) in [6.45, 7) is 5.03. The summed E-state index contributed by atoms with van der Waals surface area (Å²) in [6, 6.07) is 12.7. The molecule has 0 aliphatic carbocycles. The van der Waals surface area contributed by atoms with Crippen LogP contribution in [-0.4, -0.2) is 49.2 Å². The molecule has 1 fully saturated rings. The molecule has 2 aliphatic rings. The van der Waals surface area contributed by atoms with Gasteiger partial charge in [-0.25, -0.2) is 0 Å². The van der Waals surface area contributed by atoms with E-state index in [4.69, 9.17) is 0 Å². The van der Waals surface area contributed by atoms with Crippen LogP contribution in [0.2, 0.25) is 0 Å². The molecular weight excluding hydrogens is 400 g/mol. The van der Waals surface area contributed by atoms with E-state index in [1.54, 1.807) is 24.4 Å². The molecule has 0 bridgehead atoms. The van der Waals surface area contributed by atoms with E-state index in [0.717, 1.165) is 5.56 Å². The summed E-state index contributed by atoms with van der Waals surface area (Å²) in [5, 5.41) is 3.02. The zero-order chi connectivity index (χ0) is 21.3. The number of hydrogen-bond donors (Lipinski definition) is 1. The second kappa shape index (κ2) is 8.02. The van der Waals surface area contributed by atoms with Gasteiger partial charge in [0.05, 0.1) is 0 Å². The molecule has 2 aromatic rings. The molecule has 0 spiro atoms. The Labute approximate surface area is 176 Å². The molecule has 1 aromatic carbocycles. The topological polar surface area (TPSA) is 91.7 Å². The first-order chi connectivity index (χ1) is 14.3. The minimum atomic E-state index is -3.72. The van der Waals surface area contributed by atoms with Gasteiger partial charge in [-0.15, -0.1) is 4.40 Å². The quantitative estimate of drug-likeness (QED) is 0.818. The smallest absolute Gasteiger partial charge is 0.285 e. The lowest BCUT2D eigenvalue weighted by Gasteiger charge is -2.33. The number of benzene rings is 1. The number of rotatable bonds is 3. The van der Waals surface area contributed by atoms with E-state index in [9.17, 15) is 13.2 Å². The minimum Gasteiger partial charge on any atom is -0.356 e. The molecule has 2 aliphatic heterocycles. The van der Waals surface area contributed by atoms with Crippen molar-refractivity contribution in [3.8, 4) is 0 Å². The van der Waals surface area contributed by atoms with Crippen LogP contribution < -0.4 is 5.32 Å². The summed E-state index contributed by atoms with van der Waals surface area (Å²) in [4.78, 5) is 18.7. The zero-order valence-electron chi connectivity index (χ0n) is 17.0. The van der Waals surface area contributed by atoms with Crippen molar-refractivity contribution in [2.24, 2.45) is 4.40 Å². The van der Waals surface area contributed by atoms with Gasteiger partial charge < -0.3 is 10.2 Å². The second-order valence-electron chi connectivity index (χ2n) is 7.66. The fourth-order valence-corrected chi connectivity index (χ4v) is 5.36. The van der Waals surface area contributed by atoms with Crippen LogP contribution in [0.15, 0.2) is 58.6 Å². The molecule has 4 rings (SSSR count). The van der Waals surface area contributed by atoms with Crippen LogP contribution in [0.1, 0.15) is 41.4 Å². The van der Waals surface area contributed by atoms with E-state index in [2.05, 4.69) is 14.7 Å². The van der Waals surface area contributed by atoms with Crippen LogP contribution in [0.25, 0.3) is 4.91 Å². The predicted octanol–water partition coefficient (Wildman–Crippen LogP) is 2.76. The first-order valence-corrected chi connectivity index (χ1v) is 11.4. The molecule has 0 saturated carbocycles. The van der Waals surface area contributed by atoms with Gasteiger partial charge in [0.15, 0.2) is 0 Å². The standard InChI is InChI=1S/C22H24N4O3S/c1-15-6-8-17(9-7-15)20-16(2)21(25-30(20,28)29)26-13-10-18(11-14-26)24-22(27)19-5-3-4-12-23-19/h3-9,12,18H,10-11,13-14H2,1-2H3,(H,24,27). The highest BCUT2D eigenvalue weighted by Crippen LogP contribution is 2.34. The Morgan fingerprint density at radius 3 is 2.40 bits per heavy atom. The van der Waals surface area contributed by atoms with Crippen molar-refractivity contribution in [1.29, 1.82) is 0 Å². The number of aryl methyl sites for hydroxylation is 1. The largest absolute Gasteiger partial charge is 0.356 e. The molecule has 1 saturated heterocycles. The van der Waals surface area contributed by atoms with Crippen LogP contribution in [0.4, 0.5) is 0 Å². The zero-order valence-corrected chi connectivity index (χ0v) is 17.8. The molecule has 0 unspecified atom stereocenters. The van der Waals surface area contributed by atoms with Gasteiger partial charge in [0.1, 0.15) is 16.4 Å². The molecule has 1 amide bonds. The first kappa shape index (κ1) is 20.3. The number of piperidine rings is 1. The maximum atomic E-state index is 12.7. The van der Waals surface area contributed by atoms with E-state index in [1.807, 2.05) is 43.0 Å². The number of aromatic nitrogens is 1. The predicted molar refractivity (Wildman–Crippen MR) is 116 cm³/mol. The number of sulfonamides is 1. The van der Waals surface area contributed by atoms with Gasteiger partial charge in [-0.1, -0.05) is 35.9 Å². The first-order valence-electron chi connectivity index (χ1n) is 9.95. The summed E-state index contributed by atoms with van der Waals surface area (Å²) in [5.74, 6) is 0.327. The lowest BCUT2D eigenvalue weighted by Crippen LogP contribution is -2.46. The van der Waals surface area contributed by atoms with Gasteiger partial charge in [-0.2, -0.15) is 8.42 Å². The van der Waals surface area contributed by atoms with Gasteiger partial charge >= 0.3 is 0 Å². The van der Waals surface area contributed by atoms with Crippen molar-refractivity contribution in [2.75, 3.05) is 13.1 Å². The van der Waals surface area contributed by atoms with E-state index < -0.39 is 10.0 Å². The third-order valence-electron chi connectivity index (χ3n) is 5.48. The fraction of sp³-hybridized carbons (Fsp3) is 0.318. The molecule has 1 N–H and O–H groups in total. The maximum absolute atomic E-state index is 12.7. The second-order valence-corrected chi connectivity index (χ2v) is 9.20. The van der Waals surface area contributed by atoms with Crippen LogP contribution in [0.5, 0.6) is 0 Å². The molecule has 156 valence electrons. The Hall–Kier alpha value is -3.00. The average molecular weight is 425 g/mol. The number of nitrogens with zero attached hydrogens (tertiary/aromatic N) is 3. The van der Waals surface area contributed by atoms with Crippen molar-refractivity contribution in [1.82, 2.24) is 15.2 Å². The third-order valence-corrected chi connectivity index (χ3v) is 6.95. The van der Waals surface area contributed by atoms with E-state index in [0.29, 0.717) is 48.6 Å². The Bertz CT molecular complexity index is 1110. The monoisotopic (exact) mass is 424 g/mol. The molecule has 0 atom stereocenters. The number of likely N-dealkylation sites (tertiary alicyclic amines) is 1. The lowest BCUT2D eigenvalue weighted by molar-refractivity contribution is 0.0917. The Kier molecular flexibility index (Phi) is 5.42. The fourth-order valence-electron chi connectivity index (χ4n) is 3.88. The van der Waals surface area contributed by atoms with Crippen LogP contribution in [0.3, 0.4) is 0 Å². The van der Waals surface area contributed by atoms with Crippen molar-refractivity contribution >= 4 is 26.7 Å². The minimum absolute atomic E-state index is 0.0234. The van der Waals surface area contributed by atoms with Gasteiger partial charge in [-0.3, -0.25) is 9.78 Å². The van der Waals surface area contributed by atoms with Gasteiger partial charge in [-0.05, 0) is 44.4 Å². The average Bonchev–Trinajstić information content (AvgIpc) is 2.99. The summed E-state index contributed by atoms with van der Waals surface area (Å²) in [6.07, 6.45) is 3.02. The van der Waals surface area contributed by atoms with Gasteiger partial charge in [0, 0.05) is 30.9 Å². The van der Waals surface area contributed by atoms with E-state index in [1.165, 1.54) is 0 Å². The number of carbonyl (C=O) groups excluding carboxylic acids is 1. The highest BCUT2D eigenvalue weighted by atomic mass is 32.2. The molecule has 8 heteroatoms. The Balaban J connectivity index is 1.46.